The van der Waals surface area contributed by atoms with Crippen LogP contribution in [0.25, 0.3) is 10.8 Å². The molecule has 4 rings (SSSR count). The summed E-state index contributed by atoms with van der Waals surface area (Å²) in [5.74, 6) is -0.585. The molecule has 1 aliphatic carbocycles. The Balaban J connectivity index is 1.61. The molecule has 0 bridgehead atoms. The van der Waals surface area contributed by atoms with Gasteiger partial charge >= 0.3 is 0 Å². The zero-order valence-corrected chi connectivity index (χ0v) is 14.5. The highest BCUT2D eigenvalue weighted by Crippen LogP contribution is 2.28. The molecule has 1 aromatic heterocycles. The van der Waals surface area contributed by atoms with Crippen molar-refractivity contribution in [1.82, 2.24) is 14.7 Å². The van der Waals surface area contributed by atoms with Crippen molar-refractivity contribution in [2.45, 2.75) is 32.0 Å². The molecule has 0 spiro atoms. The van der Waals surface area contributed by atoms with Crippen molar-refractivity contribution >= 4 is 16.7 Å². The van der Waals surface area contributed by atoms with Gasteiger partial charge in [0.2, 0.25) is 5.91 Å². The van der Waals surface area contributed by atoms with Gasteiger partial charge in [-0.15, -0.1) is 0 Å². The number of amides is 1. The molecule has 1 amide bonds. The van der Waals surface area contributed by atoms with Gasteiger partial charge in [0.15, 0.2) is 0 Å². The van der Waals surface area contributed by atoms with Gasteiger partial charge in [0.25, 0.3) is 11.1 Å². The highest BCUT2D eigenvalue weighted by molar-refractivity contribution is 5.81. The minimum Gasteiger partial charge on any atom is -0.334 e. The first kappa shape index (κ1) is 17.2. The summed E-state index contributed by atoms with van der Waals surface area (Å²) < 4.78 is 14.2. The minimum absolute atomic E-state index is 0.116. The molecule has 0 aliphatic heterocycles. The quantitative estimate of drug-likeness (QED) is 0.750. The van der Waals surface area contributed by atoms with E-state index in [1.165, 1.54) is 12.1 Å². The first-order valence-electron chi connectivity index (χ1n) is 8.79. The van der Waals surface area contributed by atoms with E-state index < -0.39 is 11.1 Å². The molecule has 0 radical (unpaired) electrons. The molecule has 138 valence electrons. The van der Waals surface area contributed by atoms with Crippen molar-refractivity contribution in [3.8, 4) is 0 Å². The number of fused-ring (bicyclic) bond motifs is 1. The predicted octanol–water partition coefficient (Wildman–Crippen LogP) is 2.02. The Hall–Kier alpha value is -3.22. The van der Waals surface area contributed by atoms with Crippen LogP contribution in [0.3, 0.4) is 0 Å². The Labute approximate surface area is 153 Å². The second-order valence-corrected chi connectivity index (χ2v) is 6.76. The summed E-state index contributed by atoms with van der Waals surface area (Å²) in [6.45, 7) is 0.104. The summed E-state index contributed by atoms with van der Waals surface area (Å²) in [4.78, 5) is 39.3. The van der Waals surface area contributed by atoms with E-state index in [1.807, 2.05) is 0 Å². The number of carbonyl (C=O) groups excluding carboxylic acids is 1. The number of hydrogen-bond donors (Lipinski definition) is 1. The largest absolute Gasteiger partial charge is 0.334 e. The zero-order valence-electron chi connectivity index (χ0n) is 14.5. The average Bonchev–Trinajstić information content (AvgIpc) is 3.50. The maximum Gasteiger partial charge on any atom is 0.273 e. The van der Waals surface area contributed by atoms with Crippen molar-refractivity contribution in [3.63, 3.8) is 0 Å². The number of halogens is 1. The van der Waals surface area contributed by atoms with E-state index in [9.17, 15) is 18.8 Å². The molecule has 7 heteroatoms. The van der Waals surface area contributed by atoms with Crippen LogP contribution in [0.1, 0.15) is 18.4 Å². The summed E-state index contributed by atoms with van der Waals surface area (Å²) in [6, 6.07) is 12.6. The van der Waals surface area contributed by atoms with Crippen molar-refractivity contribution in [2.24, 2.45) is 0 Å². The van der Waals surface area contributed by atoms with Crippen LogP contribution in [0, 0.1) is 5.82 Å². The molecule has 0 unspecified atom stereocenters. The second-order valence-electron chi connectivity index (χ2n) is 6.76. The lowest BCUT2D eigenvalue weighted by Crippen LogP contribution is -2.40. The Morgan fingerprint density at radius 2 is 1.74 bits per heavy atom. The lowest BCUT2D eigenvalue weighted by atomic mass is 10.2. The standard InChI is InChI=1S/C20H18FN3O3/c21-14-7-5-13(6-8-14)11-23(15-9-10-15)18(25)12-24-20(27)17-4-2-1-3-16(17)19(26)22-24/h1-8,15H,9-12H2,(H,22,26). The number of benzene rings is 2. The smallest absolute Gasteiger partial charge is 0.273 e. The molecule has 1 heterocycles. The molecular weight excluding hydrogens is 349 g/mol. The molecule has 1 fully saturated rings. The SMILES string of the molecule is O=C(Cn1[nH]c(=O)c2ccccc2c1=O)N(Cc1ccc(F)cc1)C1CC1. The van der Waals surface area contributed by atoms with Crippen LogP contribution in [0.2, 0.25) is 0 Å². The van der Waals surface area contributed by atoms with Gasteiger partial charge in [-0.1, -0.05) is 24.3 Å². The third-order valence-electron chi connectivity index (χ3n) is 4.75. The Bertz CT molecular complexity index is 1110. The third-order valence-corrected chi connectivity index (χ3v) is 4.75. The number of aromatic amines is 1. The van der Waals surface area contributed by atoms with Gasteiger partial charge in [-0.05, 0) is 42.7 Å². The number of carbonyl (C=O) groups is 1. The second kappa shape index (κ2) is 6.83. The maximum atomic E-state index is 13.1. The van der Waals surface area contributed by atoms with Crippen LogP contribution >= 0.6 is 0 Å². The third kappa shape index (κ3) is 3.53. The minimum atomic E-state index is -0.408. The zero-order chi connectivity index (χ0) is 19.0. The predicted molar refractivity (Wildman–Crippen MR) is 98.8 cm³/mol. The maximum absolute atomic E-state index is 13.1. The van der Waals surface area contributed by atoms with Gasteiger partial charge < -0.3 is 4.90 Å². The van der Waals surface area contributed by atoms with Crippen LogP contribution < -0.4 is 11.1 Å². The van der Waals surface area contributed by atoms with Gasteiger partial charge in [0.05, 0.1) is 10.8 Å². The van der Waals surface area contributed by atoms with Crippen LogP contribution in [-0.2, 0) is 17.9 Å². The molecule has 0 saturated heterocycles. The highest BCUT2D eigenvalue weighted by Gasteiger charge is 2.32. The molecule has 1 N–H and O–H groups in total. The fraction of sp³-hybridized carbons (Fsp3) is 0.250. The normalized spacial score (nSPS) is 13.7. The lowest BCUT2D eigenvalue weighted by molar-refractivity contribution is -0.133. The van der Waals surface area contributed by atoms with E-state index in [0.717, 1.165) is 23.1 Å². The Morgan fingerprint density at radius 1 is 1.07 bits per heavy atom. The summed E-state index contributed by atoms with van der Waals surface area (Å²) >= 11 is 0. The van der Waals surface area contributed by atoms with Crippen molar-refractivity contribution in [3.05, 3.63) is 80.6 Å². The van der Waals surface area contributed by atoms with E-state index >= 15 is 0 Å². The van der Waals surface area contributed by atoms with Crippen molar-refractivity contribution < 1.29 is 9.18 Å². The number of nitrogens with zero attached hydrogens (tertiary/aromatic N) is 2. The number of H-pyrrole nitrogens is 1. The number of hydrogen-bond acceptors (Lipinski definition) is 3. The topological polar surface area (TPSA) is 75.2 Å². The van der Waals surface area contributed by atoms with Crippen LogP contribution in [-0.4, -0.2) is 26.6 Å². The number of nitrogens with one attached hydrogen (secondary N) is 1. The van der Waals surface area contributed by atoms with Gasteiger partial charge in [0.1, 0.15) is 12.4 Å². The van der Waals surface area contributed by atoms with Crippen LogP contribution in [0.4, 0.5) is 4.39 Å². The van der Waals surface area contributed by atoms with Gasteiger partial charge in [-0.3, -0.25) is 19.5 Å². The molecule has 6 nitrogen and oxygen atoms in total. The molecular formula is C20H18FN3O3. The van der Waals surface area contributed by atoms with E-state index in [1.54, 1.807) is 41.3 Å². The first-order valence-corrected chi connectivity index (χ1v) is 8.79. The summed E-state index contributed by atoms with van der Waals surface area (Å²) in [7, 11) is 0. The van der Waals surface area contributed by atoms with E-state index in [4.69, 9.17) is 0 Å². The Morgan fingerprint density at radius 3 is 2.41 bits per heavy atom. The first-order chi connectivity index (χ1) is 13.0. The lowest BCUT2D eigenvalue weighted by Gasteiger charge is -2.23. The van der Waals surface area contributed by atoms with Crippen molar-refractivity contribution in [2.75, 3.05) is 0 Å². The summed E-state index contributed by atoms with van der Waals surface area (Å²) in [5, 5.41) is 3.07. The monoisotopic (exact) mass is 367 g/mol. The molecule has 1 saturated carbocycles. The van der Waals surface area contributed by atoms with Crippen LogP contribution in [0.5, 0.6) is 0 Å². The summed E-state index contributed by atoms with van der Waals surface area (Å²) in [5.41, 5.74) is 0.00147. The van der Waals surface area contributed by atoms with Gasteiger partial charge in [-0.25, -0.2) is 9.07 Å². The number of aromatic nitrogens is 2. The molecule has 2 aromatic carbocycles. The van der Waals surface area contributed by atoms with Crippen molar-refractivity contribution in [1.29, 1.82) is 0 Å². The summed E-state index contributed by atoms with van der Waals surface area (Å²) in [6.07, 6.45) is 1.80. The fourth-order valence-electron chi connectivity index (χ4n) is 3.18. The highest BCUT2D eigenvalue weighted by atomic mass is 19.1. The average molecular weight is 367 g/mol. The Kier molecular flexibility index (Phi) is 4.35. The number of rotatable bonds is 5. The van der Waals surface area contributed by atoms with E-state index in [2.05, 4.69) is 5.10 Å². The molecule has 1 aliphatic rings. The van der Waals surface area contributed by atoms with Gasteiger partial charge in [0, 0.05) is 12.6 Å². The van der Waals surface area contributed by atoms with E-state index in [-0.39, 0.29) is 29.7 Å². The fourth-order valence-corrected chi connectivity index (χ4v) is 3.18. The van der Waals surface area contributed by atoms with Crippen LogP contribution in [0.15, 0.2) is 58.1 Å². The van der Waals surface area contributed by atoms with Gasteiger partial charge in [-0.2, -0.15) is 0 Å². The molecule has 27 heavy (non-hydrogen) atoms. The van der Waals surface area contributed by atoms with E-state index in [0.29, 0.717) is 11.9 Å². The molecule has 3 aromatic rings. The molecule has 0 atom stereocenters.